The van der Waals surface area contributed by atoms with Gasteiger partial charge in [-0.15, -0.1) is 0 Å². The molecule has 4 rings (SSSR count). The third kappa shape index (κ3) is 5.07. The number of amides is 2. The second-order valence-electron chi connectivity index (χ2n) is 8.40. The first kappa shape index (κ1) is 21.8. The van der Waals surface area contributed by atoms with Crippen LogP contribution in [0.25, 0.3) is 11.1 Å². The zero-order valence-corrected chi connectivity index (χ0v) is 18.6. The molecule has 0 saturated carbocycles. The standard InChI is InChI=1S/C26H29N3O3/c1-18-24(19(2)32-28-18)12-13-25(30)29-15-14-27-26(31)23(17-29)16-20-8-10-22(11-9-20)21-6-4-3-5-7-21/h3-11,23H,12-17H2,1-2H3,(H,27,31). The molecule has 1 aliphatic rings. The molecule has 3 aromatic rings. The first-order chi connectivity index (χ1) is 15.5. The van der Waals surface area contributed by atoms with Crippen molar-refractivity contribution in [1.29, 1.82) is 0 Å². The van der Waals surface area contributed by atoms with Gasteiger partial charge < -0.3 is 14.7 Å². The van der Waals surface area contributed by atoms with E-state index >= 15 is 0 Å². The van der Waals surface area contributed by atoms with Gasteiger partial charge in [-0.05, 0) is 43.4 Å². The van der Waals surface area contributed by atoms with Gasteiger partial charge >= 0.3 is 0 Å². The van der Waals surface area contributed by atoms with Gasteiger partial charge in [0, 0.05) is 31.6 Å². The van der Waals surface area contributed by atoms with Crippen LogP contribution in [0.3, 0.4) is 0 Å². The Morgan fingerprint density at radius 1 is 1.09 bits per heavy atom. The first-order valence-corrected chi connectivity index (χ1v) is 11.1. The molecule has 0 spiro atoms. The maximum atomic E-state index is 12.9. The van der Waals surface area contributed by atoms with Crippen molar-refractivity contribution in [1.82, 2.24) is 15.4 Å². The molecule has 1 saturated heterocycles. The Balaban J connectivity index is 1.39. The van der Waals surface area contributed by atoms with E-state index in [4.69, 9.17) is 4.52 Å². The number of carbonyl (C=O) groups is 2. The lowest BCUT2D eigenvalue weighted by Crippen LogP contribution is -2.37. The van der Waals surface area contributed by atoms with E-state index in [1.165, 1.54) is 5.56 Å². The van der Waals surface area contributed by atoms with Gasteiger partial charge in [-0.2, -0.15) is 0 Å². The second kappa shape index (κ2) is 9.81. The summed E-state index contributed by atoms with van der Waals surface area (Å²) >= 11 is 0. The SMILES string of the molecule is Cc1noc(C)c1CCC(=O)N1CCNC(=O)C(Cc2ccc(-c3ccccc3)cc2)C1. The van der Waals surface area contributed by atoms with Crippen molar-refractivity contribution >= 4 is 11.8 Å². The minimum atomic E-state index is -0.261. The summed E-state index contributed by atoms with van der Waals surface area (Å²) in [5.41, 5.74) is 5.24. The number of benzene rings is 2. The summed E-state index contributed by atoms with van der Waals surface area (Å²) in [6.07, 6.45) is 1.59. The van der Waals surface area contributed by atoms with Crippen LogP contribution in [0.15, 0.2) is 59.1 Å². The van der Waals surface area contributed by atoms with Crippen LogP contribution in [0.2, 0.25) is 0 Å². The summed E-state index contributed by atoms with van der Waals surface area (Å²) in [5.74, 6) is 0.576. The molecular weight excluding hydrogens is 402 g/mol. The van der Waals surface area contributed by atoms with Crippen molar-refractivity contribution in [2.75, 3.05) is 19.6 Å². The molecule has 32 heavy (non-hydrogen) atoms. The zero-order chi connectivity index (χ0) is 22.5. The maximum absolute atomic E-state index is 12.9. The van der Waals surface area contributed by atoms with Crippen molar-refractivity contribution < 1.29 is 14.1 Å². The summed E-state index contributed by atoms with van der Waals surface area (Å²) in [6, 6.07) is 18.5. The fourth-order valence-electron chi connectivity index (χ4n) is 4.28. The van der Waals surface area contributed by atoms with Crippen LogP contribution in [0.1, 0.15) is 29.0 Å². The van der Waals surface area contributed by atoms with E-state index in [1.54, 1.807) is 0 Å². The molecule has 2 aromatic carbocycles. The largest absolute Gasteiger partial charge is 0.361 e. The van der Waals surface area contributed by atoms with Crippen LogP contribution in [0.5, 0.6) is 0 Å². The first-order valence-electron chi connectivity index (χ1n) is 11.1. The Bertz CT molecular complexity index is 1050. The normalized spacial score (nSPS) is 16.5. The van der Waals surface area contributed by atoms with E-state index < -0.39 is 0 Å². The molecule has 1 atom stereocenters. The third-order valence-electron chi connectivity index (χ3n) is 6.16. The van der Waals surface area contributed by atoms with Gasteiger partial charge in [0.15, 0.2) is 0 Å². The average Bonchev–Trinajstić information content (AvgIpc) is 3.01. The molecule has 2 amide bonds. The van der Waals surface area contributed by atoms with Crippen molar-refractivity contribution in [3.63, 3.8) is 0 Å². The Hall–Kier alpha value is -3.41. The molecule has 6 nitrogen and oxygen atoms in total. The minimum absolute atomic E-state index is 0.0122. The van der Waals surface area contributed by atoms with E-state index in [-0.39, 0.29) is 17.7 Å². The van der Waals surface area contributed by atoms with Gasteiger partial charge in [0.1, 0.15) is 5.76 Å². The molecule has 2 heterocycles. The summed E-state index contributed by atoms with van der Waals surface area (Å²) in [4.78, 5) is 27.4. The van der Waals surface area contributed by atoms with Gasteiger partial charge in [-0.25, -0.2) is 0 Å². The van der Waals surface area contributed by atoms with Crippen molar-refractivity contribution in [3.8, 4) is 11.1 Å². The number of nitrogens with one attached hydrogen (secondary N) is 1. The second-order valence-corrected chi connectivity index (χ2v) is 8.40. The predicted molar refractivity (Wildman–Crippen MR) is 123 cm³/mol. The molecular formula is C26H29N3O3. The average molecular weight is 432 g/mol. The molecule has 1 unspecified atom stereocenters. The highest BCUT2D eigenvalue weighted by Crippen LogP contribution is 2.22. The lowest BCUT2D eigenvalue weighted by atomic mass is 9.96. The monoisotopic (exact) mass is 431 g/mol. The molecule has 166 valence electrons. The smallest absolute Gasteiger partial charge is 0.225 e. The minimum Gasteiger partial charge on any atom is -0.361 e. The molecule has 1 fully saturated rings. The summed E-state index contributed by atoms with van der Waals surface area (Å²) in [6.45, 7) is 5.22. The van der Waals surface area contributed by atoms with E-state index in [0.29, 0.717) is 38.9 Å². The molecule has 1 aliphatic heterocycles. The Morgan fingerprint density at radius 3 is 2.50 bits per heavy atom. The fraction of sp³-hybridized carbons (Fsp3) is 0.346. The molecule has 0 radical (unpaired) electrons. The lowest BCUT2D eigenvalue weighted by Gasteiger charge is -2.23. The zero-order valence-electron chi connectivity index (χ0n) is 18.6. The molecule has 6 heteroatoms. The van der Waals surface area contributed by atoms with Gasteiger partial charge in [-0.1, -0.05) is 59.8 Å². The van der Waals surface area contributed by atoms with Crippen LogP contribution in [0.4, 0.5) is 0 Å². The highest BCUT2D eigenvalue weighted by Gasteiger charge is 2.28. The maximum Gasteiger partial charge on any atom is 0.225 e. The number of carbonyl (C=O) groups excluding carboxylic acids is 2. The highest BCUT2D eigenvalue weighted by molar-refractivity contribution is 5.82. The quantitative estimate of drug-likeness (QED) is 0.646. The number of aromatic nitrogens is 1. The van der Waals surface area contributed by atoms with Gasteiger partial charge in [0.05, 0.1) is 11.6 Å². The Morgan fingerprint density at radius 2 is 1.81 bits per heavy atom. The molecule has 1 N–H and O–H groups in total. The number of hydrogen-bond donors (Lipinski definition) is 1. The van der Waals surface area contributed by atoms with E-state index in [1.807, 2.05) is 36.9 Å². The Labute approximate surface area is 188 Å². The molecule has 1 aromatic heterocycles. The molecule has 0 aliphatic carbocycles. The topological polar surface area (TPSA) is 75.4 Å². The van der Waals surface area contributed by atoms with E-state index in [2.05, 4.69) is 46.9 Å². The van der Waals surface area contributed by atoms with Crippen LogP contribution >= 0.6 is 0 Å². The third-order valence-corrected chi connectivity index (χ3v) is 6.16. The highest BCUT2D eigenvalue weighted by atomic mass is 16.5. The fourth-order valence-corrected chi connectivity index (χ4v) is 4.28. The number of hydrogen-bond acceptors (Lipinski definition) is 4. The van der Waals surface area contributed by atoms with Gasteiger partial charge in [0.2, 0.25) is 11.8 Å². The molecule has 0 bridgehead atoms. The van der Waals surface area contributed by atoms with Crippen LogP contribution < -0.4 is 5.32 Å². The van der Waals surface area contributed by atoms with Gasteiger partial charge in [0.25, 0.3) is 0 Å². The summed E-state index contributed by atoms with van der Waals surface area (Å²) in [5, 5.41) is 6.93. The lowest BCUT2D eigenvalue weighted by molar-refractivity contribution is -0.132. The van der Waals surface area contributed by atoms with Crippen LogP contribution in [-0.2, 0) is 22.4 Å². The number of rotatable bonds is 6. The van der Waals surface area contributed by atoms with E-state index in [0.717, 1.165) is 28.1 Å². The van der Waals surface area contributed by atoms with E-state index in [9.17, 15) is 9.59 Å². The number of aryl methyl sites for hydroxylation is 2. The van der Waals surface area contributed by atoms with Gasteiger partial charge in [-0.3, -0.25) is 9.59 Å². The van der Waals surface area contributed by atoms with Crippen molar-refractivity contribution in [3.05, 3.63) is 77.2 Å². The Kier molecular flexibility index (Phi) is 6.69. The summed E-state index contributed by atoms with van der Waals surface area (Å²) < 4.78 is 5.20. The van der Waals surface area contributed by atoms with Crippen LogP contribution in [0, 0.1) is 19.8 Å². The number of nitrogens with zero attached hydrogens (tertiary/aromatic N) is 2. The summed E-state index contributed by atoms with van der Waals surface area (Å²) in [7, 11) is 0. The van der Waals surface area contributed by atoms with Crippen molar-refractivity contribution in [2.45, 2.75) is 33.1 Å². The predicted octanol–water partition coefficient (Wildman–Crippen LogP) is 3.71. The van der Waals surface area contributed by atoms with Crippen molar-refractivity contribution in [2.24, 2.45) is 5.92 Å². The van der Waals surface area contributed by atoms with Crippen LogP contribution in [-0.4, -0.2) is 41.5 Å².